The highest BCUT2D eigenvalue weighted by Crippen LogP contribution is 2.23. The summed E-state index contributed by atoms with van der Waals surface area (Å²) in [6, 6.07) is 9.03. The minimum Gasteiger partial charge on any atom is -0.507 e. The number of aryl methyl sites for hydroxylation is 1. The molecule has 6 heteroatoms. The van der Waals surface area contributed by atoms with Crippen LogP contribution in [0.3, 0.4) is 0 Å². The average Bonchev–Trinajstić information content (AvgIpc) is 2.43. The van der Waals surface area contributed by atoms with Gasteiger partial charge in [-0.05, 0) is 42.8 Å². The van der Waals surface area contributed by atoms with Crippen molar-refractivity contribution in [1.29, 1.82) is 0 Å². The molecule has 0 radical (unpaired) electrons. The summed E-state index contributed by atoms with van der Waals surface area (Å²) in [5, 5.41) is 20.9. The summed E-state index contributed by atoms with van der Waals surface area (Å²) < 4.78 is 0.812. The molecule has 2 aromatic carbocycles. The third-order valence-electron chi connectivity index (χ3n) is 2.92. The maximum absolute atomic E-state index is 12.1. The van der Waals surface area contributed by atoms with E-state index in [2.05, 4.69) is 21.2 Å². The van der Waals surface area contributed by atoms with E-state index in [4.69, 9.17) is 5.11 Å². The number of carboxylic acid groups (broad SMARTS) is 1. The van der Waals surface area contributed by atoms with Crippen LogP contribution in [0.2, 0.25) is 0 Å². The maximum Gasteiger partial charge on any atom is 0.339 e. The molecular weight excluding hydrogens is 338 g/mol. The van der Waals surface area contributed by atoms with E-state index in [-0.39, 0.29) is 17.2 Å². The van der Waals surface area contributed by atoms with Gasteiger partial charge in [0.15, 0.2) is 0 Å². The molecule has 108 valence electrons. The van der Waals surface area contributed by atoms with Crippen molar-refractivity contribution >= 4 is 33.5 Å². The number of phenols is 1. The van der Waals surface area contributed by atoms with Gasteiger partial charge in [0.05, 0.1) is 0 Å². The van der Waals surface area contributed by atoms with Gasteiger partial charge in [0.2, 0.25) is 0 Å². The Labute approximate surface area is 129 Å². The van der Waals surface area contributed by atoms with Crippen molar-refractivity contribution in [3.8, 4) is 5.75 Å². The van der Waals surface area contributed by atoms with Crippen LogP contribution < -0.4 is 5.32 Å². The van der Waals surface area contributed by atoms with E-state index in [0.29, 0.717) is 11.3 Å². The number of carbonyl (C=O) groups is 2. The Morgan fingerprint density at radius 2 is 1.86 bits per heavy atom. The van der Waals surface area contributed by atoms with Gasteiger partial charge in [-0.25, -0.2) is 4.79 Å². The van der Waals surface area contributed by atoms with Gasteiger partial charge in [0.25, 0.3) is 5.91 Å². The molecule has 0 spiro atoms. The summed E-state index contributed by atoms with van der Waals surface area (Å²) in [4.78, 5) is 23.0. The van der Waals surface area contributed by atoms with Crippen molar-refractivity contribution in [2.75, 3.05) is 5.32 Å². The Morgan fingerprint density at radius 1 is 1.14 bits per heavy atom. The molecule has 0 saturated carbocycles. The fourth-order valence-electron chi connectivity index (χ4n) is 1.72. The summed E-state index contributed by atoms with van der Waals surface area (Å²) in [6.07, 6.45) is 0. The normalized spacial score (nSPS) is 10.2. The molecule has 0 fully saturated rings. The quantitative estimate of drug-likeness (QED) is 0.741. The van der Waals surface area contributed by atoms with E-state index < -0.39 is 5.97 Å². The Bertz CT molecular complexity index is 728. The monoisotopic (exact) mass is 349 g/mol. The number of hydrogen-bond donors (Lipinski definition) is 3. The summed E-state index contributed by atoms with van der Waals surface area (Å²) in [7, 11) is 0. The van der Waals surface area contributed by atoms with E-state index in [1.165, 1.54) is 18.2 Å². The second-order valence-corrected chi connectivity index (χ2v) is 5.31. The first-order valence-corrected chi connectivity index (χ1v) is 6.81. The van der Waals surface area contributed by atoms with Gasteiger partial charge >= 0.3 is 5.97 Å². The molecule has 3 N–H and O–H groups in total. The van der Waals surface area contributed by atoms with Gasteiger partial charge in [0, 0.05) is 15.7 Å². The second kappa shape index (κ2) is 5.97. The number of anilines is 1. The SMILES string of the molecule is Cc1ccc(C(=O)Nc2ccc(O)c(C(=O)O)c2)cc1Br. The van der Waals surface area contributed by atoms with Gasteiger partial charge in [-0.2, -0.15) is 0 Å². The van der Waals surface area contributed by atoms with Crippen molar-refractivity contribution in [2.45, 2.75) is 6.92 Å². The number of carboxylic acids is 1. The zero-order valence-corrected chi connectivity index (χ0v) is 12.6. The lowest BCUT2D eigenvalue weighted by Crippen LogP contribution is -2.12. The van der Waals surface area contributed by atoms with Crippen molar-refractivity contribution in [3.63, 3.8) is 0 Å². The van der Waals surface area contributed by atoms with Crippen LogP contribution in [0.15, 0.2) is 40.9 Å². The van der Waals surface area contributed by atoms with Gasteiger partial charge < -0.3 is 15.5 Å². The predicted molar refractivity (Wildman–Crippen MR) is 81.9 cm³/mol. The molecule has 0 aromatic heterocycles. The van der Waals surface area contributed by atoms with Crippen molar-refractivity contribution < 1.29 is 19.8 Å². The standard InChI is InChI=1S/C15H12BrNO4/c1-8-2-3-9(6-12(8)16)14(19)17-10-4-5-13(18)11(7-10)15(20)21/h2-7,18H,1H3,(H,17,19)(H,20,21). The van der Waals surface area contributed by atoms with E-state index in [1.54, 1.807) is 18.2 Å². The van der Waals surface area contributed by atoms with Gasteiger partial charge in [-0.15, -0.1) is 0 Å². The molecule has 0 aliphatic carbocycles. The molecule has 0 heterocycles. The zero-order valence-electron chi connectivity index (χ0n) is 11.1. The number of carbonyl (C=O) groups excluding carboxylic acids is 1. The maximum atomic E-state index is 12.1. The van der Waals surface area contributed by atoms with Crippen LogP contribution in [0, 0.1) is 6.92 Å². The van der Waals surface area contributed by atoms with E-state index in [0.717, 1.165) is 10.0 Å². The molecule has 5 nitrogen and oxygen atoms in total. The molecular formula is C15H12BrNO4. The van der Waals surface area contributed by atoms with Crippen LogP contribution in [-0.2, 0) is 0 Å². The average molecular weight is 350 g/mol. The van der Waals surface area contributed by atoms with Crippen LogP contribution in [0.25, 0.3) is 0 Å². The van der Waals surface area contributed by atoms with Gasteiger partial charge in [0.1, 0.15) is 11.3 Å². The van der Waals surface area contributed by atoms with Crippen LogP contribution in [0.1, 0.15) is 26.3 Å². The third-order valence-corrected chi connectivity index (χ3v) is 3.77. The number of rotatable bonds is 3. The van der Waals surface area contributed by atoms with Crippen LogP contribution in [0.4, 0.5) is 5.69 Å². The minimum atomic E-state index is -1.26. The smallest absolute Gasteiger partial charge is 0.339 e. The zero-order chi connectivity index (χ0) is 15.6. The first-order valence-electron chi connectivity index (χ1n) is 6.02. The van der Waals surface area contributed by atoms with E-state index >= 15 is 0 Å². The lowest BCUT2D eigenvalue weighted by atomic mass is 10.1. The number of amides is 1. The van der Waals surface area contributed by atoms with E-state index in [9.17, 15) is 14.7 Å². The largest absolute Gasteiger partial charge is 0.507 e. The second-order valence-electron chi connectivity index (χ2n) is 4.46. The summed E-state index contributed by atoms with van der Waals surface area (Å²) in [5.74, 6) is -1.97. The molecule has 21 heavy (non-hydrogen) atoms. The van der Waals surface area contributed by atoms with E-state index in [1.807, 2.05) is 6.92 Å². The first-order chi connectivity index (χ1) is 9.88. The fourth-order valence-corrected chi connectivity index (χ4v) is 2.10. The number of benzene rings is 2. The fraction of sp³-hybridized carbons (Fsp3) is 0.0667. The Balaban J connectivity index is 2.25. The highest BCUT2D eigenvalue weighted by molar-refractivity contribution is 9.10. The number of halogens is 1. The van der Waals surface area contributed by atoms with Crippen LogP contribution in [-0.4, -0.2) is 22.1 Å². The molecule has 0 atom stereocenters. The van der Waals surface area contributed by atoms with Gasteiger partial charge in [-0.3, -0.25) is 4.79 Å². The van der Waals surface area contributed by atoms with Crippen molar-refractivity contribution in [3.05, 3.63) is 57.6 Å². The Hall–Kier alpha value is -2.34. The highest BCUT2D eigenvalue weighted by Gasteiger charge is 2.12. The summed E-state index contributed by atoms with van der Waals surface area (Å²) in [5.41, 5.74) is 1.48. The number of aromatic hydroxyl groups is 1. The van der Waals surface area contributed by atoms with Crippen molar-refractivity contribution in [1.82, 2.24) is 0 Å². The lowest BCUT2D eigenvalue weighted by Gasteiger charge is -2.08. The van der Waals surface area contributed by atoms with Crippen molar-refractivity contribution in [2.24, 2.45) is 0 Å². The molecule has 0 aliphatic rings. The number of hydrogen-bond acceptors (Lipinski definition) is 3. The number of nitrogens with one attached hydrogen (secondary N) is 1. The van der Waals surface area contributed by atoms with Crippen LogP contribution >= 0.6 is 15.9 Å². The van der Waals surface area contributed by atoms with Crippen LogP contribution in [0.5, 0.6) is 5.75 Å². The third kappa shape index (κ3) is 3.41. The molecule has 2 aromatic rings. The van der Waals surface area contributed by atoms with Gasteiger partial charge in [-0.1, -0.05) is 22.0 Å². The Kier molecular flexibility index (Phi) is 4.28. The molecule has 1 amide bonds. The molecule has 2 rings (SSSR count). The lowest BCUT2D eigenvalue weighted by molar-refractivity contribution is 0.0693. The molecule has 0 unspecified atom stereocenters. The Morgan fingerprint density at radius 3 is 2.48 bits per heavy atom. The first kappa shape index (κ1) is 15.1. The molecule has 0 aliphatic heterocycles. The summed E-state index contributed by atoms with van der Waals surface area (Å²) in [6.45, 7) is 1.91. The highest BCUT2D eigenvalue weighted by atomic mass is 79.9. The molecule has 0 bridgehead atoms. The number of aromatic carboxylic acids is 1. The topological polar surface area (TPSA) is 86.6 Å². The molecule has 0 saturated heterocycles. The summed E-state index contributed by atoms with van der Waals surface area (Å²) >= 11 is 3.35. The minimum absolute atomic E-state index is 0.266. The predicted octanol–water partition coefficient (Wildman–Crippen LogP) is 3.41.